The third-order valence-electron chi connectivity index (χ3n) is 7.49. The molecule has 1 saturated heterocycles. The summed E-state index contributed by atoms with van der Waals surface area (Å²) in [4.78, 5) is 30.1. The van der Waals surface area contributed by atoms with Crippen LogP contribution in [0.15, 0.2) is 48.5 Å². The molecule has 0 atom stereocenters. The number of nitrogens with zero attached hydrogens (tertiary/aromatic N) is 2. The summed E-state index contributed by atoms with van der Waals surface area (Å²) in [6.07, 6.45) is 5.27. The van der Waals surface area contributed by atoms with Crippen LogP contribution in [0.2, 0.25) is 5.02 Å². The third-order valence-corrected chi connectivity index (χ3v) is 7.86. The van der Waals surface area contributed by atoms with Gasteiger partial charge in [0, 0.05) is 37.7 Å². The fraction of sp³-hybridized carbons (Fsp3) is 0.500. The highest BCUT2D eigenvalue weighted by Gasteiger charge is 2.36. The highest BCUT2D eigenvalue weighted by Crippen LogP contribution is 2.37. The van der Waals surface area contributed by atoms with E-state index in [2.05, 4.69) is 0 Å². The monoisotopic (exact) mass is 498 g/mol. The van der Waals surface area contributed by atoms with Crippen LogP contribution in [0.25, 0.3) is 0 Å². The van der Waals surface area contributed by atoms with E-state index < -0.39 is 0 Å². The molecule has 1 N–H and O–H groups in total. The fourth-order valence-corrected chi connectivity index (χ4v) is 5.37. The van der Waals surface area contributed by atoms with Gasteiger partial charge in [-0.3, -0.25) is 9.59 Å². The molecule has 35 heavy (non-hydrogen) atoms. The van der Waals surface area contributed by atoms with Crippen LogP contribution in [-0.2, 0) is 11.2 Å². The fourth-order valence-electron chi connectivity index (χ4n) is 5.14. The number of aliphatic hydroxyl groups is 1. The van der Waals surface area contributed by atoms with Crippen molar-refractivity contribution in [2.75, 3.05) is 39.4 Å². The molecule has 3 aliphatic heterocycles. The van der Waals surface area contributed by atoms with E-state index in [9.17, 15) is 14.7 Å². The van der Waals surface area contributed by atoms with Gasteiger partial charge in [0.2, 0.25) is 5.91 Å². The molecule has 7 heteroatoms. The molecule has 0 saturated carbocycles. The van der Waals surface area contributed by atoms with E-state index in [0.717, 1.165) is 37.7 Å². The predicted molar refractivity (Wildman–Crippen MR) is 137 cm³/mol. The normalized spacial score (nSPS) is 18.9. The van der Waals surface area contributed by atoms with Crippen LogP contribution in [0.3, 0.4) is 0 Å². The SMILES string of the molecule is O=C(CCc1ccccc1Cl)N1CCCCC2(CO)CCN(CC2)C(=O)c2ccccc2OCC1. The molecule has 188 valence electrons. The molecular weight excluding hydrogens is 464 g/mol. The lowest BCUT2D eigenvalue weighted by atomic mass is 9.75. The number of carbonyl (C=O) groups excluding carboxylic acids is 2. The highest BCUT2D eigenvalue weighted by atomic mass is 35.5. The molecule has 3 heterocycles. The highest BCUT2D eigenvalue weighted by molar-refractivity contribution is 6.31. The molecule has 2 aromatic rings. The maximum Gasteiger partial charge on any atom is 0.257 e. The van der Waals surface area contributed by atoms with Gasteiger partial charge in [-0.15, -0.1) is 0 Å². The zero-order chi connectivity index (χ0) is 24.7. The van der Waals surface area contributed by atoms with Crippen molar-refractivity contribution in [2.24, 2.45) is 5.41 Å². The molecule has 3 aliphatic rings. The van der Waals surface area contributed by atoms with E-state index in [-0.39, 0.29) is 23.8 Å². The molecular formula is C28H35ClN2O4. The Morgan fingerprint density at radius 1 is 0.971 bits per heavy atom. The number of aliphatic hydroxyl groups excluding tert-OH is 1. The Labute approximate surface area is 212 Å². The molecule has 0 unspecified atom stereocenters. The van der Waals surface area contributed by atoms with Crippen LogP contribution in [-0.4, -0.2) is 66.1 Å². The van der Waals surface area contributed by atoms with E-state index in [1.54, 1.807) is 6.07 Å². The number of piperidine rings is 1. The van der Waals surface area contributed by atoms with Crippen LogP contribution in [0.4, 0.5) is 0 Å². The summed E-state index contributed by atoms with van der Waals surface area (Å²) < 4.78 is 6.04. The minimum Gasteiger partial charge on any atom is -0.491 e. The first-order chi connectivity index (χ1) is 17.0. The minimum absolute atomic E-state index is 0.0327. The summed E-state index contributed by atoms with van der Waals surface area (Å²) in [7, 11) is 0. The smallest absolute Gasteiger partial charge is 0.257 e. The van der Waals surface area contributed by atoms with Crippen molar-refractivity contribution in [3.63, 3.8) is 0 Å². The average Bonchev–Trinajstić information content (AvgIpc) is 2.90. The predicted octanol–water partition coefficient (Wildman–Crippen LogP) is 4.58. The van der Waals surface area contributed by atoms with Gasteiger partial charge in [-0.25, -0.2) is 0 Å². The second-order valence-corrected chi connectivity index (χ2v) is 10.1. The Kier molecular flexibility index (Phi) is 8.69. The van der Waals surface area contributed by atoms with Crippen molar-refractivity contribution in [2.45, 2.75) is 44.9 Å². The van der Waals surface area contributed by atoms with Crippen molar-refractivity contribution in [1.82, 2.24) is 9.80 Å². The summed E-state index contributed by atoms with van der Waals surface area (Å²) in [5.74, 6) is 0.593. The van der Waals surface area contributed by atoms with E-state index in [1.165, 1.54) is 0 Å². The van der Waals surface area contributed by atoms with Crippen molar-refractivity contribution in [1.29, 1.82) is 0 Å². The first-order valence-electron chi connectivity index (χ1n) is 12.6. The lowest BCUT2D eigenvalue weighted by molar-refractivity contribution is -0.131. The number of aryl methyl sites for hydroxylation is 1. The summed E-state index contributed by atoms with van der Waals surface area (Å²) >= 11 is 6.28. The minimum atomic E-state index is -0.147. The molecule has 1 fully saturated rings. The number of benzene rings is 2. The topological polar surface area (TPSA) is 70.1 Å². The van der Waals surface area contributed by atoms with Gasteiger partial charge in [-0.05, 0) is 61.3 Å². The van der Waals surface area contributed by atoms with Gasteiger partial charge in [-0.2, -0.15) is 0 Å². The van der Waals surface area contributed by atoms with Crippen LogP contribution in [0, 0.1) is 5.41 Å². The van der Waals surface area contributed by atoms with Gasteiger partial charge < -0.3 is 19.6 Å². The first-order valence-corrected chi connectivity index (χ1v) is 13.0. The third kappa shape index (κ3) is 6.36. The number of carbonyl (C=O) groups is 2. The molecule has 2 bridgehead atoms. The number of ether oxygens (including phenoxy) is 1. The Balaban J connectivity index is 1.48. The number of amides is 2. The number of fused-ring (bicyclic) bond motifs is 9. The van der Waals surface area contributed by atoms with Gasteiger partial charge in [-0.1, -0.05) is 48.4 Å². The number of hydrogen-bond donors (Lipinski definition) is 1. The molecule has 2 amide bonds. The number of hydrogen-bond acceptors (Lipinski definition) is 4. The van der Waals surface area contributed by atoms with E-state index in [1.807, 2.05) is 52.3 Å². The van der Waals surface area contributed by atoms with Gasteiger partial charge in [0.1, 0.15) is 12.4 Å². The van der Waals surface area contributed by atoms with Gasteiger partial charge >= 0.3 is 0 Å². The van der Waals surface area contributed by atoms with Crippen molar-refractivity contribution in [3.05, 3.63) is 64.7 Å². The number of rotatable bonds is 4. The maximum atomic E-state index is 13.3. The summed E-state index contributed by atoms with van der Waals surface area (Å²) in [5, 5.41) is 10.9. The maximum absolute atomic E-state index is 13.3. The molecule has 0 radical (unpaired) electrons. The molecule has 0 spiro atoms. The van der Waals surface area contributed by atoms with Crippen LogP contribution in [0.1, 0.15) is 54.4 Å². The van der Waals surface area contributed by atoms with Crippen LogP contribution < -0.4 is 4.74 Å². The zero-order valence-corrected chi connectivity index (χ0v) is 21.0. The van der Waals surface area contributed by atoms with Gasteiger partial charge in [0.05, 0.1) is 12.1 Å². The lowest BCUT2D eigenvalue weighted by Crippen LogP contribution is -2.44. The molecule has 0 aliphatic carbocycles. The number of halogens is 1. The Morgan fingerprint density at radius 2 is 1.71 bits per heavy atom. The van der Waals surface area contributed by atoms with Crippen molar-refractivity contribution >= 4 is 23.4 Å². The van der Waals surface area contributed by atoms with Crippen molar-refractivity contribution < 1.29 is 19.4 Å². The van der Waals surface area contributed by atoms with E-state index >= 15 is 0 Å². The van der Waals surface area contributed by atoms with E-state index in [0.29, 0.717) is 62.0 Å². The first kappa shape index (κ1) is 25.5. The largest absolute Gasteiger partial charge is 0.491 e. The Morgan fingerprint density at radius 3 is 2.49 bits per heavy atom. The number of para-hydroxylation sites is 1. The summed E-state index contributed by atoms with van der Waals surface area (Å²) in [6.45, 7) is 2.84. The molecule has 2 aromatic carbocycles. The van der Waals surface area contributed by atoms with Crippen LogP contribution >= 0.6 is 11.6 Å². The molecule has 0 aromatic heterocycles. The van der Waals surface area contributed by atoms with Gasteiger partial charge in [0.25, 0.3) is 5.91 Å². The average molecular weight is 499 g/mol. The Bertz CT molecular complexity index is 1020. The summed E-state index contributed by atoms with van der Waals surface area (Å²) in [5.41, 5.74) is 1.38. The van der Waals surface area contributed by atoms with Crippen LogP contribution in [0.5, 0.6) is 5.75 Å². The zero-order valence-electron chi connectivity index (χ0n) is 20.3. The molecule has 6 nitrogen and oxygen atoms in total. The second-order valence-electron chi connectivity index (χ2n) is 9.72. The quantitative estimate of drug-likeness (QED) is 0.670. The Hall–Kier alpha value is -2.57. The van der Waals surface area contributed by atoms with Crippen molar-refractivity contribution in [3.8, 4) is 5.75 Å². The standard InChI is InChI=1S/C28H35ClN2O4/c29-24-9-3-1-7-22(24)11-12-26(33)30-16-6-5-13-28(21-32)14-17-31(18-15-28)27(34)23-8-2-4-10-25(23)35-20-19-30/h1-4,7-10,32H,5-6,11-21H2. The summed E-state index contributed by atoms with van der Waals surface area (Å²) in [6, 6.07) is 15.0. The lowest BCUT2D eigenvalue weighted by Gasteiger charge is -2.41. The van der Waals surface area contributed by atoms with E-state index in [4.69, 9.17) is 16.3 Å². The second kappa shape index (κ2) is 11.9. The van der Waals surface area contributed by atoms with Gasteiger partial charge in [0.15, 0.2) is 0 Å². The molecule has 5 rings (SSSR count).